The lowest BCUT2D eigenvalue weighted by Crippen LogP contribution is -2.14. The maximum absolute atomic E-state index is 10.8. The summed E-state index contributed by atoms with van der Waals surface area (Å²) in [7, 11) is 0. The van der Waals surface area contributed by atoms with Crippen LogP contribution >= 0.6 is 11.3 Å². The molecule has 1 amide bonds. The van der Waals surface area contributed by atoms with Gasteiger partial charge in [0.25, 0.3) is 5.91 Å². The minimum Gasteiger partial charge on any atom is -0.364 e. The summed E-state index contributed by atoms with van der Waals surface area (Å²) in [5, 5.41) is 10.7. The highest BCUT2D eigenvalue weighted by Crippen LogP contribution is 2.13. The number of aryl methyl sites for hydroxylation is 1. The van der Waals surface area contributed by atoms with Crippen LogP contribution in [0.25, 0.3) is 0 Å². The summed E-state index contributed by atoms with van der Waals surface area (Å²) in [6, 6.07) is 3.21. The number of nitrogens with zero attached hydrogens (tertiary/aromatic N) is 3. The van der Waals surface area contributed by atoms with Crippen molar-refractivity contribution in [3.8, 4) is 0 Å². The van der Waals surface area contributed by atoms with Crippen molar-refractivity contribution in [3.05, 3.63) is 33.9 Å². The normalized spacial score (nSPS) is 10.2. The van der Waals surface area contributed by atoms with Gasteiger partial charge < -0.3 is 11.1 Å². The molecule has 0 saturated carbocycles. The number of hydrogen-bond acceptors (Lipinski definition) is 6. The van der Waals surface area contributed by atoms with Gasteiger partial charge in [0.2, 0.25) is 0 Å². The molecular weight excluding hydrogens is 238 g/mol. The van der Waals surface area contributed by atoms with E-state index in [-0.39, 0.29) is 5.69 Å². The third-order valence-corrected chi connectivity index (χ3v) is 3.13. The van der Waals surface area contributed by atoms with Crippen LogP contribution in [0.4, 0.5) is 5.82 Å². The first kappa shape index (κ1) is 11.5. The van der Waals surface area contributed by atoms with Crippen molar-refractivity contribution in [1.82, 2.24) is 15.2 Å². The zero-order chi connectivity index (χ0) is 12.3. The van der Waals surface area contributed by atoms with E-state index in [1.54, 1.807) is 22.9 Å². The Labute approximate surface area is 102 Å². The van der Waals surface area contributed by atoms with Gasteiger partial charge in [0.1, 0.15) is 5.82 Å². The number of rotatable bonds is 4. The number of nitrogens with two attached hydrogens (primary N) is 1. The van der Waals surface area contributed by atoms with Crippen LogP contribution in [0, 0.1) is 6.92 Å². The van der Waals surface area contributed by atoms with E-state index in [9.17, 15) is 4.79 Å². The van der Waals surface area contributed by atoms with Crippen molar-refractivity contribution in [2.45, 2.75) is 13.5 Å². The third kappa shape index (κ3) is 2.76. The van der Waals surface area contributed by atoms with Gasteiger partial charge in [-0.25, -0.2) is 4.98 Å². The van der Waals surface area contributed by atoms with Crippen molar-refractivity contribution in [2.75, 3.05) is 5.32 Å². The first-order valence-electron chi connectivity index (χ1n) is 4.93. The van der Waals surface area contributed by atoms with Gasteiger partial charge in [0.05, 0.1) is 17.7 Å². The Morgan fingerprint density at radius 1 is 1.47 bits per heavy atom. The molecule has 0 aliphatic carbocycles. The average Bonchev–Trinajstić information content (AvgIpc) is 2.73. The molecule has 2 heterocycles. The highest BCUT2D eigenvalue weighted by atomic mass is 32.1. The Morgan fingerprint density at radius 2 is 2.29 bits per heavy atom. The molecule has 0 aliphatic rings. The van der Waals surface area contributed by atoms with Crippen LogP contribution in [-0.4, -0.2) is 21.1 Å². The van der Waals surface area contributed by atoms with Crippen LogP contribution in [0.5, 0.6) is 0 Å². The molecule has 2 aromatic rings. The molecule has 0 radical (unpaired) electrons. The molecule has 88 valence electrons. The van der Waals surface area contributed by atoms with Crippen LogP contribution < -0.4 is 11.1 Å². The second kappa shape index (κ2) is 4.88. The van der Waals surface area contributed by atoms with Gasteiger partial charge in [-0.3, -0.25) is 4.79 Å². The van der Waals surface area contributed by atoms with Crippen molar-refractivity contribution in [2.24, 2.45) is 5.73 Å². The number of anilines is 1. The molecule has 17 heavy (non-hydrogen) atoms. The molecule has 2 rings (SSSR count). The highest BCUT2D eigenvalue weighted by molar-refractivity contribution is 7.09. The largest absolute Gasteiger partial charge is 0.364 e. The van der Waals surface area contributed by atoms with E-state index < -0.39 is 5.91 Å². The molecule has 0 bridgehead atoms. The molecular formula is C10H11N5OS. The van der Waals surface area contributed by atoms with Gasteiger partial charge in [-0.1, -0.05) is 0 Å². The van der Waals surface area contributed by atoms with Crippen molar-refractivity contribution in [1.29, 1.82) is 0 Å². The summed E-state index contributed by atoms with van der Waals surface area (Å²) < 4.78 is 0. The fraction of sp³-hybridized carbons (Fsp3) is 0.200. The summed E-state index contributed by atoms with van der Waals surface area (Å²) in [5.74, 6) is 0.0187. The fourth-order valence-corrected chi connectivity index (χ4v) is 1.94. The Hall–Kier alpha value is -2.02. The zero-order valence-corrected chi connectivity index (χ0v) is 9.99. The minimum absolute atomic E-state index is 0.157. The molecule has 0 aromatic carbocycles. The Morgan fingerprint density at radius 3 is 2.82 bits per heavy atom. The van der Waals surface area contributed by atoms with E-state index >= 15 is 0 Å². The molecule has 0 spiro atoms. The smallest absolute Gasteiger partial charge is 0.269 e. The molecule has 2 aromatic heterocycles. The quantitative estimate of drug-likeness (QED) is 0.841. The fourth-order valence-electron chi connectivity index (χ4n) is 1.22. The van der Waals surface area contributed by atoms with E-state index in [1.807, 2.05) is 6.92 Å². The number of carbonyl (C=O) groups is 1. The summed E-state index contributed by atoms with van der Waals surface area (Å²) in [6.45, 7) is 2.59. The van der Waals surface area contributed by atoms with Gasteiger partial charge in [0, 0.05) is 4.88 Å². The molecule has 0 fully saturated rings. The molecule has 0 atom stereocenters. The first-order valence-corrected chi connectivity index (χ1v) is 5.81. The van der Waals surface area contributed by atoms with E-state index in [2.05, 4.69) is 20.5 Å². The van der Waals surface area contributed by atoms with E-state index in [0.717, 1.165) is 10.6 Å². The Balaban J connectivity index is 2.00. The maximum Gasteiger partial charge on any atom is 0.269 e. The molecule has 0 saturated heterocycles. The summed E-state index contributed by atoms with van der Waals surface area (Å²) in [6.07, 6.45) is 0. The highest BCUT2D eigenvalue weighted by Gasteiger charge is 2.04. The second-order valence-corrected chi connectivity index (χ2v) is 4.32. The SMILES string of the molecule is Cc1ncsc1CNc1ccc(C(N)=O)nn1. The van der Waals surface area contributed by atoms with Crippen molar-refractivity contribution in [3.63, 3.8) is 0 Å². The van der Waals surface area contributed by atoms with Gasteiger partial charge in [-0.05, 0) is 19.1 Å². The molecule has 0 aliphatic heterocycles. The standard InChI is InChI=1S/C10H11N5OS/c1-6-8(17-5-13-6)4-12-9-3-2-7(10(11)16)14-15-9/h2-3,5H,4H2,1H3,(H2,11,16)(H,12,15). The van der Waals surface area contributed by atoms with E-state index in [0.29, 0.717) is 12.4 Å². The van der Waals surface area contributed by atoms with Crippen LogP contribution in [0.3, 0.4) is 0 Å². The predicted octanol–water partition coefficient (Wildman–Crippen LogP) is 0.953. The monoisotopic (exact) mass is 249 g/mol. The van der Waals surface area contributed by atoms with E-state index in [4.69, 9.17) is 5.73 Å². The first-order chi connectivity index (χ1) is 8.16. The topological polar surface area (TPSA) is 93.8 Å². The number of thiazole rings is 1. The Kier molecular flexibility index (Phi) is 3.29. The number of nitrogens with one attached hydrogen (secondary N) is 1. The Bertz CT molecular complexity index is 522. The molecule has 7 heteroatoms. The average molecular weight is 249 g/mol. The lowest BCUT2D eigenvalue weighted by Gasteiger charge is -2.03. The van der Waals surface area contributed by atoms with Gasteiger partial charge in [-0.15, -0.1) is 21.5 Å². The summed E-state index contributed by atoms with van der Waals surface area (Å²) in [5.41, 5.74) is 8.03. The van der Waals surface area contributed by atoms with Crippen molar-refractivity contribution < 1.29 is 4.79 Å². The summed E-state index contributed by atoms with van der Waals surface area (Å²) in [4.78, 5) is 16.1. The summed E-state index contributed by atoms with van der Waals surface area (Å²) >= 11 is 1.58. The molecule has 0 unspecified atom stereocenters. The van der Waals surface area contributed by atoms with Crippen LogP contribution in [0.1, 0.15) is 21.1 Å². The number of amides is 1. The minimum atomic E-state index is -0.581. The van der Waals surface area contributed by atoms with Crippen LogP contribution in [0.15, 0.2) is 17.6 Å². The van der Waals surface area contributed by atoms with Gasteiger partial charge >= 0.3 is 0 Å². The maximum atomic E-state index is 10.8. The second-order valence-electron chi connectivity index (χ2n) is 3.38. The number of aromatic nitrogens is 3. The lowest BCUT2D eigenvalue weighted by atomic mass is 10.3. The van der Waals surface area contributed by atoms with E-state index in [1.165, 1.54) is 6.07 Å². The zero-order valence-electron chi connectivity index (χ0n) is 9.17. The van der Waals surface area contributed by atoms with Crippen LogP contribution in [-0.2, 0) is 6.54 Å². The number of primary amides is 1. The lowest BCUT2D eigenvalue weighted by molar-refractivity contribution is 0.0994. The molecule has 3 N–H and O–H groups in total. The van der Waals surface area contributed by atoms with Gasteiger partial charge in [-0.2, -0.15) is 0 Å². The van der Waals surface area contributed by atoms with Crippen molar-refractivity contribution >= 4 is 23.1 Å². The number of carbonyl (C=O) groups excluding carboxylic acids is 1. The van der Waals surface area contributed by atoms with Gasteiger partial charge in [0.15, 0.2) is 5.69 Å². The predicted molar refractivity (Wildman–Crippen MR) is 64.7 cm³/mol. The number of hydrogen-bond donors (Lipinski definition) is 2. The molecule has 6 nitrogen and oxygen atoms in total. The van der Waals surface area contributed by atoms with Crippen LogP contribution in [0.2, 0.25) is 0 Å². The third-order valence-electron chi connectivity index (χ3n) is 2.19.